The molecule has 0 aliphatic rings. The van der Waals surface area contributed by atoms with Crippen molar-refractivity contribution in [1.82, 2.24) is 4.98 Å². The van der Waals surface area contributed by atoms with Crippen LogP contribution in [-0.2, 0) is 6.42 Å². The van der Waals surface area contributed by atoms with Gasteiger partial charge in [0.1, 0.15) is 22.9 Å². The fourth-order valence-electron chi connectivity index (χ4n) is 3.10. The number of methoxy groups -OCH3 is 2. The Morgan fingerprint density at radius 3 is 2.29 bits per heavy atom. The van der Waals surface area contributed by atoms with Crippen LogP contribution in [0, 0.1) is 6.92 Å². The largest absolute Gasteiger partial charge is 0.508 e. The molecule has 0 aliphatic carbocycles. The van der Waals surface area contributed by atoms with Crippen LogP contribution in [0.25, 0.3) is 11.3 Å². The van der Waals surface area contributed by atoms with Crippen LogP contribution in [0.4, 0.5) is 0 Å². The van der Waals surface area contributed by atoms with Gasteiger partial charge >= 0.3 is 0 Å². The van der Waals surface area contributed by atoms with Crippen molar-refractivity contribution in [3.05, 3.63) is 70.9 Å². The summed E-state index contributed by atoms with van der Waals surface area (Å²) >= 11 is 0. The second kappa shape index (κ2) is 8.13. The van der Waals surface area contributed by atoms with Crippen molar-refractivity contribution in [2.75, 3.05) is 14.2 Å². The van der Waals surface area contributed by atoms with Gasteiger partial charge in [-0.05, 0) is 49.2 Å². The number of carbonyl (C=O) groups excluding carboxylic acids is 1. The predicted octanol–water partition coefficient (Wildman–Crippen LogP) is 4.57. The summed E-state index contributed by atoms with van der Waals surface area (Å²) in [7, 11) is 3.15. The number of phenolic OH excluding ortho intramolecular Hbond substituents is 1. The number of hydrogen-bond acceptors (Lipinski definition) is 5. The number of aryl methyl sites for hydroxylation is 1. The third kappa shape index (κ3) is 3.69. The zero-order chi connectivity index (χ0) is 20.3. The van der Waals surface area contributed by atoms with Gasteiger partial charge in [0, 0.05) is 16.7 Å². The van der Waals surface area contributed by atoms with E-state index < -0.39 is 0 Å². The highest BCUT2D eigenvalue weighted by molar-refractivity contribution is 6.08. The fourth-order valence-corrected chi connectivity index (χ4v) is 3.10. The molecule has 0 radical (unpaired) electrons. The third-order valence-corrected chi connectivity index (χ3v) is 4.71. The van der Waals surface area contributed by atoms with Gasteiger partial charge in [-0.1, -0.05) is 25.1 Å². The molecule has 0 saturated carbocycles. The first-order valence-corrected chi connectivity index (χ1v) is 9.05. The second-order valence-corrected chi connectivity index (χ2v) is 6.45. The topological polar surface area (TPSA) is 68.7 Å². The van der Waals surface area contributed by atoms with E-state index in [-0.39, 0.29) is 11.5 Å². The van der Waals surface area contributed by atoms with Crippen molar-refractivity contribution in [2.45, 2.75) is 20.3 Å². The summed E-state index contributed by atoms with van der Waals surface area (Å²) in [6.45, 7) is 3.83. The van der Waals surface area contributed by atoms with Crippen molar-refractivity contribution in [3.8, 4) is 28.5 Å². The normalized spacial score (nSPS) is 10.6. The number of phenols is 1. The number of benzene rings is 2. The number of ether oxygens (including phenoxy) is 2. The monoisotopic (exact) mass is 377 g/mol. The number of rotatable bonds is 6. The minimum absolute atomic E-state index is 0.195. The van der Waals surface area contributed by atoms with Gasteiger partial charge in [0.25, 0.3) is 0 Å². The zero-order valence-corrected chi connectivity index (χ0v) is 16.4. The Balaban J connectivity index is 2.02. The van der Waals surface area contributed by atoms with Crippen LogP contribution < -0.4 is 9.47 Å². The molecular weight excluding hydrogens is 354 g/mol. The molecule has 28 heavy (non-hydrogen) atoms. The molecule has 0 aliphatic heterocycles. The number of hydrogen-bond donors (Lipinski definition) is 1. The molecule has 0 unspecified atom stereocenters. The molecule has 5 heteroatoms. The lowest BCUT2D eigenvalue weighted by atomic mass is 10.0. The van der Waals surface area contributed by atoms with Crippen LogP contribution in [0.3, 0.4) is 0 Å². The molecule has 144 valence electrons. The van der Waals surface area contributed by atoms with Crippen LogP contribution in [0.2, 0.25) is 0 Å². The molecule has 3 rings (SSSR count). The lowest BCUT2D eigenvalue weighted by Crippen LogP contribution is -2.07. The Morgan fingerprint density at radius 1 is 1.04 bits per heavy atom. The van der Waals surface area contributed by atoms with E-state index in [4.69, 9.17) is 9.47 Å². The lowest BCUT2D eigenvalue weighted by Gasteiger charge is -2.14. The SMILES string of the molecule is CCc1c(OC)cc(C(=O)c2cccc(-c3ccc(C)c(O)c3)n2)cc1OC. The summed E-state index contributed by atoms with van der Waals surface area (Å²) in [6, 6.07) is 14.0. The van der Waals surface area contributed by atoms with E-state index in [0.717, 1.165) is 23.1 Å². The molecule has 0 fully saturated rings. The van der Waals surface area contributed by atoms with E-state index in [2.05, 4.69) is 4.98 Å². The molecule has 1 aromatic heterocycles. The van der Waals surface area contributed by atoms with Gasteiger partial charge in [0.05, 0.1) is 19.9 Å². The van der Waals surface area contributed by atoms with Crippen LogP contribution in [0.5, 0.6) is 17.2 Å². The van der Waals surface area contributed by atoms with Gasteiger partial charge in [-0.15, -0.1) is 0 Å². The summed E-state index contributed by atoms with van der Waals surface area (Å²) in [6.07, 6.45) is 0.728. The highest BCUT2D eigenvalue weighted by Crippen LogP contribution is 2.32. The number of carbonyl (C=O) groups is 1. The van der Waals surface area contributed by atoms with Crippen LogP contribution in [0.15, 0.2) is 48.5 Å². The third-order valence-electron chi connectivity index (χ3n) is 4.71. The number of ketones is 1. The van der Waals surface area contributed by atoms with Crippen molar-refractivity contribution in [2.24, 2.45) is 0 Å². The molecule has 0 saturated heterocycles. The van der Waals surface area contributed by atoms with Gasteiger partial charge in [0.15, 0.2) is 0 Å². The van der Waals surface area contributed by atoms with E-state index in [1.165, 1.54) is 0 Å². The maximum Gasteiger partial charge on any atom is 0.211 e. The average Bonchev–Trinajstić information content (AvgIpc) is 2.74. The second-order valence-electron chi connectivity index (χ2n) is 6.45. The van der Waals surface area contributed by atoms with Gasteiger partial charge in [-0.3, -0.25) is 4.79 Å². The van der Waals surface area contributed by atoms with Gasteiger partial charge < -0.3 is 14.6 Å². The molecule has 5 nitrogen and oxygen atoms in total. The van der Waals surface area contributed by atoms with Gasteiger partial charge in [-0.25, -0.2) is 4.98 Å². The van der Waals surface area contributed by atoms with Crippen molar-refractivity contribution < 1.29 is 19.4 Å². The Bertz CT molecular complexity index is 1000. The van der Waals surface area contributed by atoms with Crippen molar-refractivity contribution >= 4 is 5.78 Å². The molecule has 1 heterocycles. The van der Waals surface area contributed by atoms with Crippen LogP contribution in [-0.4, -0.2) is 30.1 Å². The molecule has 0 bridgehead atoms. The van der Waals surface area contributed by atoms with Crippen molar-refractivity contribution in [3.63, 3.8) is 0 Å². The van der Waals surface area contributed by atoms with Crippen molar-refractivity contribution in [1.29, 1.82) is 0 Å². The molecule has 2 aromatic carbocycles. The van der Waals surface area contributed by atoms with Crippen LogP contribution >= 0.6 is 0 Å². The van der Waals surface area contributed by atoms with Gasteiger partial charge in [-0.2, -0.15) is 0 Å². The van der Waals surface area contributed by atoms with Crippen LogP contribution in [0.1, 0.15) is 34.1 Å². The molecule has 0 spiro atoms. The number of aromatic nitrogens is 1. The Labute approximate surface area is 164 Å². The highest BCUT2D eigenvalue weighted by atomic mass is 16.5. The summed E-state index contributed by atoms with van der Waals surface area (Å²) in [5.41, 5.74) is 3.82. The van der Waals surface area contributed by atoms with E-state index in [0.29, 0.717) is 28.5 Å². The van der Waals surface area contributed by atoms with E-state index in [9.17, 15) is 9.90 Å². The number of nitrogens with zero attached hydrogens (tertiary/aromatic N) is 1. The fraction of sp³-hybridized carbons (Fsp3) is 0.217. The molecule has 3 aromatic rings. The first-order valence-electron chi connectivity index (χ1n) is 9.05. The first kappa shape index (κ1) is 19.4. The summed E-state index contributed by atoms with van der Waals surface area (Å²) in [5, 5.41) is 9.96. The molecule has 0 amide bonds. The molecule has 1 N–H and O–H groups in total. The van der Waals surface area contributed by atoms with E-state index in [1.54, 1.807) is 44.6 Å². The Kier molecular flexibility index (Phi) is 5.64. The standard InChI is InChI=1S/C23H23NO4/c1-5-17-21(27-3)12-16(13-22(17)28-4)23(26)19-8-6-7-18(24-19)15-10-9-14(2)20(25)11-15/h6-13,25H,5H2,1-4H3. The molecule has 0 atom stereocenters. The highest BCUT2D eigenvalue weighted by Gasteiger charge is 2.18. The minimum atomic E-state index is -0.225. The Morgan fingerprint density at radius 2 is 1.71 bits per heavy atom. The predicted molar refractivity (Wildman–Crippen MR) is 108 cm³/mol. The average molecular weight is 377 g/mol. The lowest BCUT2D eigenvalue weighted by molar-refractivity contribution is 0.103. The summed E-state index contributed by atoms with van der Waals surface area (Å²) in [5.74, 6) is 1.20. The molecular formula is C23H23NO4. The maximum atomic E-state index is 13.1. The zero-order valence-electron chi connectivity index (χ0n) is 16.4. The number of pyridine rings is 1. The maximum absolute atomic E-state index is 13.1. The van der Waals surface area contributed by atoms with Gasteiger partial charge in [0.2, 0.25) is 5.78 Å². The van der Waals surface area contributed by atoms with E-state index >= 15 is 0 Å². The quantitative estimate of drug-likeness (QED) is 0.637. The smallest absolute Gasteiger partial charge is 0.211 e. The first-order chi connectivity index (χ1) is 13.5. The van der Waals surface area contributed by atoms with E-state index in [1.807, 2.05) is 32.0 Å². The Hall–Kier alpha value is -3.34. The summed E-state index contributed by atoms with van der Waals surface area (Å²) in [4.78, 5) is 17.6. The minimum Gasteiger partial charge on any atom is -0.508 e. The number of aromatic hydroxyl groups is 1. The summed E-state index contributed by atoms with van der Waals surface area (Å²) < 4.78 is 10.9.